The zero-order valence-corrected chi connectivity index (χ0v) is 15.8. The van der Waals surface area contributed by atoms with E-state index in [0.717, 1.165) is 96.8 Å². The Morgan fingerprint density at radius 2 is 0.960 bits per heavy atom. The zero-order valence-electron chi connectivity index (χ0n) is 15.8. The first-order chi connectivity index (χ1) is 12.1. The third kappa shape index (κ3) is 19.0. The topological polar surface area (TPSA) is 104 Å². The average molecular weight is 359 g/mol. The van der Waals surface area contributed by atoms with E-state index in [0.29, 0.717) is 0 Å². The summed E-state index contributed by atoms with van der Waals surface area (Å²) in [6.07, 6.45) is 12.1. The van der Waals surface area contributed by atoms with Gasteiger partial charge in [-0.2, -0.15) is 0 Å². The van der Waals surface area contributed by atoms with Crippen LogP contribution in [0.1, 0.15) is 83.5 Å². The van der Waals surface area contributed by atoms with E-state index >= 15 is 0 Å². The van der Waals surface area contributed by atoms with Gasteiger partial charge in [-0.1, -0.05) is 38.5 Å². The largest absolute Gasteiger partial charge is 0.481 e. The normalized spacial score (nSPS) is 11.1. The van der Waals surface area contributed by atoms with Crippen molar-refractivity contribution >= 4 is 11.9 Å². The Bertz CT molecular complexity index is 309. The van der Waals surface area contributed by atoms with Crippen molar-refractivity contribution in [3.05, 3.63) is 0 Å². The molecule has 0 fully saturated rings. The van der Waals surface area contributed by atoms with E-state index < -0.39 is 11.9 Å². The molecule has 4 N–H and O–H groups in total. The van der Waals surface area contributed by atoms with Crippen molar-refractivity contribution in [2.75, 3.05) is 26.2 Å². The molecule has 0 aliphatic carbocycles. The number of carbonyl (C=O) groups is 2. The van der Waals surface area contributed by atoms with E-state index in [1.54, 1.807) is 0 Å². The third-order valence-electron chi connectivity index (χ3n) is 4.41. The summed E-state index contributed by atoms with van der Waals surface area (Å²) in [6.45, 7) is 3.96. The first-order valence-corrected chi connectivity index (χ1v) is 9.92. The van der Waals surface area contributed by atoms with Gasteiger partial charge in [0.2, 0.25) is 0 Å². The highest BCUT2D eigenvalue weighted by atomic mass is 16.4. The van der Waals surface area contributed by atoms with Gasteiger partial charge < -0.3 is 20.8 Å². The highest BCUT2D eigenvalue weighted by molar-refractivity contribution is 5.66. The van der Waals surface area contributed by atoms with Crippen LogP contribution in [0.25, 0.3) is 0 Å². The fourth-order valence-electron chi connectivity index (χ4n) is 2.93. The Hall–Kier alpha value is -1.14. The van der Waals surface area contributed by atoms with Crippen LogP contribution in [0, 0.1) is 0 Å². The fraction of sp³-hybridized carbons (Fsp3) is 0.895. The summed E-state index contributed by atoms with van der Waals surface area (Å²) in [5.74, 6) is -1.40. The van der Waals surface area contributed by atoms with Gasteiger partial charge in [-0.05, 0) is 58.3 Å². The van der Waals surface area contributed by atoms with Gasteiger partial charge >= 0.3 is 11.9 Å². The first kappa shape index (κ1) is 23.9. The molecular weight excluding hydrogens is 320 g/mol. The summed E-state index contributed by atoms with van der Waals surface area (Å²) < 4.78 is 0. The summed E-state index contributed by atoms with van der Waals surface area (Å²) >= 11 is 0. The average Bonchev–Trinajstić information content (AvgIpc) is 2.56. The van der Waals surface area contributed by atoms with E-state index in [4.69, 9.17) is 15.9 Å². The lowest BCUT2D eigenvalue weighted by Gasteiger charge is -2.22. The second-order valence-corrected chi connectivity index (χ2v) is 6.81. The maximum absolute atomic E-state index is 10.4. The molecule has 0 heterocycles. The van der Waals surface area contributed by atoms with Crippen molar-refractivity contribution in [1.82, 2.24) is 4.90 Å². The lowest BCUT2D eigenvalue weighted by Crippen LogP contribution is -2.28. The van der Waals surface area contributed by atoms with Crippen molar-refractivity contribution in [2.24, 2.45) is 5.73 Å². The van der Waals surface area contributed by atoms with Gasteiger partial charge in [0.25, 0.3) is 0 Å². The standard InChI is InChI=1S/C19H38N2O4/c20-14-11-17-21(15-9-5-1-3-7-12-18(22)23)16-10-6-2-4-8-13-19(24)25/h1-17,20H2,(H,22,23)(H,24,25). The molecule has 6 heteroatoms. The predicted octanol–water partition coefficient (Wildman–Crippen LogP) is 3.49. The van der Waals surface area contributed by atoms with Crippen molar-refractivity contribution in [3.8, 4) is 0 Å². The van der Waals surface area contributed by atoms with E-state index in [2.05, 4.69) is 4.90 Å². The van der Waals surface area contributed by atoms with Gasteiger partial charge in [-0.15, -0.1) is 0 Å². The molecule has 0 rings (SSSR count). The molecule has 0 radical (unpaired) electrons. The van der Waals surface area contributed by atoms with Crippen LogP contribution in [-0.4, -0.2) is 53.2 Å². The van der Waals surface area contributed by atoms with Crippen molar-refractivity contribution < 1.29 is 19.8 Å². The van der Waals surface area contributed by atoms with Crippen molar-refractivity contribution in [1.29, 1.82) is 0 Å². The molecule has 0 aliphatic heterocycles. The molecule has 0 aromatic heterocycles. The van der Waals surface area contributed by atoms with Crippen LogP contribution >= 0.6 is 0 Å². The van der Waals surface area contributed by atoms with Gasteiger partial charge in [0.1, 0.15) is 0 Å². The molecule has 148 valence electrons. The minimum atomic E-state index is -0.698. The molecule has 0 unspecified atom stereocenters. The van der Waals surface area contributed by atoms with Crippen LogP contribution in [0.15, 0.2) is 0 Å². The number of aliphatic carboxylic acids is 2. The number of carboxylic acid groups (broad SMARTS) is 2. The summed E-state index contributed by atoms with van der Waals surface area (Å²) in [6, 6.07) is 0. The van der Waals surface area contributed by atoms with Crippen LogP contribution in [0.2, 0.25) is 0 Å². The van der Waals surface area contributed by atoms with E-state index in [-0.39, 0.29) is 12.8 Å². The molecule has 0 amide bonds. The van der Waals surface area contributed by atoms with Crippen LogP contribution < -0.4 is 5.73 Å². The molecule has 25 heavy (non-hydrogen) atoms. The minimum Gasteiger partial charge on any atom is -0.481 e. The Morgan fingerprint density at radius 3 is 1.36 bits per heavy atom. The van der Waals surface area contributed by atoms with Crippen molar-refractivity contribution in [3.63, 3.8) is 0 Å². The Kier molecular flexibility index (Phi) is 16.9. The Morgan fingerprint density at radius 1 is 0.600 bits per heavy atom. The molecule has 6 nitrogen and oxygen atoms in total. The highest BCUT2D eigenvalue weighted by Crippen LogP contribution is 2.09. The summed E-state index contributed by atoms with van der Waals surface area (Å²) in [4.78, 5) is 23.4. The molecule has 0 aromatic carbocycles. The van der Waals surface area contributed by atoms with Crippen molar-refractivity contribution in [2.45, 2.75) is 83.5 Å². The van der Waals surface area contributed by atoms with Gasteiger partial charge in [0.15, 0.2) is 0 Å². The third-order valence-corrected chi connectivity index (χ3v) is 4.41. The SMILES string of the molecule is NCCCN(CCCCCCCC(=O)O)CCCCCCCC(=O)O. The molecule has 0 bridgehead atoms. The van der Waals surface area contributed by atoms with Gasteiger partial charge in [0, 0.05) is 12.8 Å². The lowest BCUT2D eigenvalue weighted by molar-refractivity contribution is -0.138. The van der Waals surface area contributed by atoms with Gasteiger partial charge in [0.05, 0.1) is 0 Å². The maximum Gasteiger partial charge on any atom is 0.303 e. The highest BCUT2D eigenvalue weighted by Gasteiger charge is 2.05. The predicted molar refractivity (Wildman–Crippen MR) is 101 cm³/mol. The van der Waals surface area contributed by atoms with Crippen LogP contribution in [-0.2, 0) is 9.59 Å². The second kappa shape index (κ2) is 17.7. The molecular formula is C19H38N2O4. The first-order valence-electron chi connectivity index (χ1n) is 9.92. The number of hydrogen-bond acceptors (Lipinski definition) is 4. The number of rotatable bonds is 19. The van der Waals surface area contributed by atoms with Crippen LogP contribution in [0.3, 0.4) is 0 Å². The molecule has 0 saturated carbocycles. The fourth-order valence-corrected chi connectivity index (χ4v) is 2.93. The number of nitrogens with two attached hydrogens (primary N) is 1. The molecule has 0 aromatic rings. The number of unbranched alkanes of at least 4 members (excludes halogenated alkanes) is 8. The molecule has 0 aliphatic rings. The number of nitrogens with zero attached hydrogens (tertiary/aromatic N) is 1. The number of hydrogen-bond donors (Lipinski definition) is 3. The second-order valence-electron chi connectivity index (χ2n) is 6.81. The summed E-state index contributed by atoms with van der Waals surface area (Å²) in [7, 11) is 0. The minimum absolute atomic E-state index is 0.287. The van der Waals surface area contributed by atoms with E-state index in [1.807, 2.05) is 0 Å². The summed E-state index contributed by atoms with van der Waals surface area (Å²) in [5, 5.41) is 17.2. The number of carboxylic acids is 2. The van der Waals surface area contributed by atoms with E-state index in [1.165, 1.54) is 0 Å². The Balaban J connectivity index is 3.64. The van der Waals surface area contributed by atoms with Crippen LogP contribution in [0.4, 0.5) is 0 Å². The monoisotopic (exact) mass is 358 g/mol. The van der Waals surface area contributed by atoms with Crippen LogP contribution in [0.5, 0.6) is 0 Å². The van der Waals surface area contributed by atoms with Gasteiger partial charge in [-0.25, -0.2) is 0 Å². The Labute approximate surface area is 152 Å². The molecule has 0 atom stereocenters. The molecule has 0 saturated heterocycles. The molecule has 0 spiro atoms. The summed E-state index contributed by atoms with van der Waals surface area (Å²) in [5.41, 5.74) is 5.62. The van der Waals surface area contributed by atoms with Gasteiger partial charge in [-0.3, -0.25) is 9.59 Å². The lowest BCUT2D eigenvalue weighted by atomic mass is 10.1. The quantitative estimate of drug-likeness (QED) is 0.305. The zero-order chi connectivity index (χ0) is 18.8. The smallest absolute Gasteiger partial charge is 0.303 e. The van der Waals surface area contributed by atoms with E-state index in [9.17, 15) is 9.59 Å². The maximum atomic E-state index is 10.4.